The molecule has 78 valence electrons. The maximum Gasteiger partial charge on any atom is 0.121 e. The Labute approximate surface area is 88.4 Å². The number of hydrogen-bond donors (Lipinski definition) is 2. The van der Waals surface area contributed by atoms with Crippen molar-refractivity contribution in [3.05, 3.63) is 28.8 Å². The Bertz CT molecular complexity index is 284. The van der Waals surface area contributed by atoms with E-state index in [0.29, 0.717) is 10.8 Å². The molecule has 1 aromatic carbocycles. The van der Waals surface area contributed by atoms with Crippen LogP contribution in [-0.2, 0) is 0 Å². The second-order valence-electron chi connectivity index (χ2n) is 3.16. The average Bonchev–Trinajstić information content (AvgIpc) is 2.12. The summed E-state index contributed by atoms with van der Waals surface area (Å²) in [6, 6.07) is 5.40. The summed E-state index contributed by atoms with van der Waals surface area (Å²) in [6.45, 7) is 2.31. The van der Waals surface area contributed by atoms with Crippen molar-refractivity contribution in [2.45, 2.75) is 13.0 Å². The van der Waals surface area contributed by atoms with Crippen LogP contribution in [0.2, 0.25) is 5.02 Å². The quantitative estimate of drug-likeness (QED) is 0.797. The molecule has 14 heavy (non-hydrogen) atoms. The number of aliphatic hydroxyl groups excluding tert-OH is 1. The highest BCUT2D eigenvalue weighted by Crippen LogP contribution is 2.20. The number of benzene rings is 1. The second kappa shape index (κ2) is 5.20. The first kappa shape index (κ1) is 11.3. The van der Waals surface area contributed by atoms with Crippen molar-refractivity contribution in [1.29, 1.82) is 0 Å². The highest BCUT2D eigenvalue weighted by Gasteiger charge is 2.03. The van der Waals surface area contributed by atoms with Crippen LogP contribution < -0.4 is 10.5 Å². The first-order valence-corrected chi connectivity index (χ1v) is 4.77. The molecule has 0 aromatic heterocycles. The minimum absolute atomic E-state index is 0.191. The number of aliphatic hydroxyl groups is 1. The van der Waals surface area contributed by atoms with E-state index in [9.17, 15) is 5.11 Å². The van der Waals surface area contributed by atoms with E-state index in [1.807, 2.05) is 19.1 Å². The van der Waals surface area contributed by atoms with Gasteiger partial charge in [-0.25, -0.2) is 0 Å². The summed E-state index contributed by atoms with van der Waals surface area (Å²) in [5.74, 6) is 0.655. The lowest BCUT2D eigenvalue weighted by Crippen LogP contribution is -2.26. The fourth-order valence-electron chi connectivity index (χ4n) is 1.05. The fraction of sp³-hybridized carbons (Fsp3) is 0.400. The topological polar surface area (TPSA) is 55.5 Å². The Kier molecular flexibility index (Phi) is 4.20. The molecule has 1 rings (SSSR count). The first-order valence-electron chi connectivity index (χ1n) is 4.40. The monoisotopic (exact) mass is 215 g/mol. The van der Waals surface area contributed by atoms with E-state index >= 15 is 0 Å². The van der Waals surface area contributed by atoms with Gasteiger partial charge in [0, 0.05) is 11.6 Å². The van der Waals surface area contributed by atoms with Crippen molar-refractivity contribution in [1.82, 2.24) is 0 Å². The van der Waals surface area contributed by atoms with Gasteiger partial charge in [0.25, 0.3) is 0 Å². The molecule has 1 aromatic rings. The lowest BCUT2D eigenvalue weighted by molar-refractivity contribution is 0.114. The van der Waals surface area contributed by atoms with Crippen molar-refractivity contribution >= 4 is 11.6 Å². The lowest BCUT2D eigenvalue weighted by atomic mass is 10.2. The lowest BCUT2D eigenvalue weighted by Gasteiger charge is -2.10. The van der Waals surface area contributed by atoms with Crippen molar-refractivity contribution < 1.29 is 9.84 Å². The van der Waals surface area contributed by atoms with Crippen molar-refractivity contribution in [2.24, 2.45) is 5.73 Å². The zero-order valence-electron chi connectivity index (χ0n) is 8.03. The molecule has 3 nitrogen and oxygen atoms in total. The van der Waals surface area contributed by atoms with Gasteiger partial charge in [0.15, 0.2) is 0 Å². The van der Waals surface area contributed by atoms with E-state index in [1.165, 1.54) is 0 Å². The van der Waals surface area contributed by atoms with Gasteiger partial charge in [-0.05, 0) is 30.7 Å². The summed E-state index contributed by atoms with van der Waals surface area (Å²) in [5.41, 5.74) is 6.26. The number of hydrogen-bond acceptors (Lipinski definition) is 3. The maximum absolute atomic E-state index is 9.17. The third-order valence-corrected chi connectivity index (χ3v) is 1.95. The predicted octanol–water partition coefficient (Wildman–Crippen LogP) is 1.35. The molecule has 0 bridgehead atoms. The van der Waals surface area contributed by atoms with Gasteiger partial charge in [-0.2, -0.15) is 0 Å². The van der Waals surface area contributed by atoms with E-state index < -0.39 is 6.10 Å². The molecule has 0 aliphatic heterocycles. The molecule has 0 aliphatic rings. The summed E-state index contributed by atoms with van der Waals surface area (Å²) >= 11 is 5.83. The summed E-state index contributed by atoms with van der Waals surface area (Å²) in [5, 5.41) is 9.80. The van der Waals surface area contributed by atoms with Crippen molar-refractivity contribution in [3.8, 4) is 5.75 Å². The largest absolute Gasteiger partial charge is 0.491 e. The SMILES string of the molecule is Cc1cc(Cl)cc(OCC(O)CN)c1. The zero-order valence-corrected chi connectivity index (χ0v) is 8.79. The van der Waals surface area contributed by atoms with Crippen LogP contribution in [0.3, 0.4) is 0 Å². The molecule has 0 spiro atoms. The Hall–Kier alpha value is -0.770. The van der Waals surface area contributed by atoms with Gasteiger partial charge < -0.3 is 15.6 Å². The van der Waals surface area contributed by atoms with Crippen LogP contribution in [0.4, 0.5) is 0 Å². The molecule has 4 heteroatoms. The van der Waals surface area contributed by atoms with E-state index in [-0.39, 0.29) is 13.2 Å². The number of nitrogens with two attached hydrogens (primary N) is 1. The fourth-order valence-corrected chi connectivity index (χ4v) is 1.33. The van der Waals surface area contributed by atoms with E-state index in [2.05, 4.69) is 0 Å². The Morgan fingerprint density at radius 1 is 1.50 bits per heavy atom. The molecule has 0 amide bonds. The van der Waals surface area contributed by atoms with Crippen LogP contribution in [0.1, 0.15) is 5.56 Å². The molecule has 0 radical (unpaired) electrons. The molecule has 0 saturated carbocycles. The van der Waals surface area contributed by atoms with Crippen LogP contribution in [-0.4, -0.2) is 24.4 Å². The first-order chi connectivity index (χ1) is 6.61. The van der Waals surface area contributed by atoms with E-state index in [0.717, 1.165) is 5.56 Å². The summed E-state index contributed by atoms with van der Waals surface area (Å²) in [7, 11) is 0. The standard InChI is InChI=1S/C10H14ClNO2/c1-7-2-8(11)4-10(3-7)14-6-9(13)5-12/h2-4,9,13H,5-6,12H2,1H3. The Balaban J connectivity index is 2.58. The van der Waals surface area contributed by atoms with Crippen molar-refractivity contribution in [2.75, 3.05) is 13.2 Å². The summed E-state index contributed by atoms with van der Waals surface area (Å²) in [6.07, 6.45) is -0.630. The van der Waals surface area contributed by atoms with E-state index in [4.69, 9.17) is 22.1 Å². The second-order valence-corrected chi connectivity index (χ2v) is 3.60. The number of ether oxygens (including phenoxy) is 1. The van der Waals surface area contributed by atoms with Gasteiger partial charge in [-0.1, -0.05) is 11.6 Å². The van der Waals surface area contributed by atoms with Crippen LogP contribution in [0.5, 0.6) is 5.75 Å². The highest BCUT2D eigenvalue weighted by atomic mass is 35.5. The third kappa shape index (κ3) is 3.54. The number of halogens is 1. The Morgan fingerprint density at radius 3 is 2.79 bits per heavy atom. The molecule has 0 heterocycles. The van der Waals surface area contributed by atoms with Crippen LogP contribution in [0.25, 0.3) is 0 Å². The van der Waals surface area contributed by atoms with Crippen LogP contribution in [0, 0.1) is 6.92 Å². The van der Waals surface area contributed by atoms with Crippen LogP contribution in [0.15, 0.2) is 18.2 Å². The molecule has 3 N–H and O–H groups in total. The van der Waals surface area contributed by atoms with Gasteiger partial charge in [0.05, 0.1) is 0 Å². The van der Waals surface area contributed by atoms with Gasteiger partial charge >= 0.3 is 0 Å². The van der Waals surface area contributed by atoms with E-state index in [1.54, 1.807) is 6.07 Å². The van der Waals surface area contributed by atoms with Crippen LogP contribution >= 0.6 is 11.6 Å². The molecular formula is C10H14ClNO2. The normalized spacial score (nSPS) is 12.6. The van der Waals surface area contributed by atoms with Crippen molar-refractivity contribution in [3.63, 3.8) is 0 Å². The van der Waals surface area contributed by atoms with Gasteiger partial charge in [0.2, 0.25) is 0 Å². The molecule has 1 unspecified atom stereocenters. The molecular weight excluding hydrogens is 202 g/mol. The third-order valence-electron chi connectivity index (χ3n) is 1.73. The summed E-state index contributed by atoms with van der Waals surface area (Å²) < 4.78 is 5.31. The minimum Gasteiger partial charge on any atom is -0.491 e. The predicted molar refractivity (Wildman–Crippen MR) is 56.7 cm³/mol. The molecule has 0 saturated heterocycles. The number of aryl methyl sites for hydroxylation is 1. The smallest absolute Gasteiger partial charge is 0.121 e. The maximum atomic E-state index is 9.17. The number of rotatable bonds is 4. The summed E-state index contributed by atoms with van der Waals surface area (Å²) in [4.78, 5) is 0. The van der Waals surface area contributed by atoms with Gasteiger partial charge in [-0.3, -0.25) is 0 Å². The molecule has 0 fully saturated rings. The Morgan fingerprint density at radius 2 is 2.21 bits per heavy atom. The molecule has 1 atom stereocenters. The highest BCUT2D eigenvalue weighted by molar-refractivity contribution is 6.30. The minimum atomic E-state index is -0.630. The average molecular weight is 216 g/mol. The van der Waals surface area contributed by atoms with Gasteiger partial charge in [-0.15, -0.1) is 0 Å². The molecule has 0 aliphatic carbocycles. The zero-order chi connectivity index (χ0) is 10.6. The van der Waals surface area contributed by atoms with Gasteiger partial charge in [0.1, 0.15) is 18.5 Å².